The molecule has 0 rings (SSSR count). The van der Waals surface area contributed by atoms with Crippen LogP contribution in [-0.2, 0) is 19.3 Å². The van der Waals surface area contributed by atoms with E-state index in [2.05, 4.69) is 23.9 Å². The van der Waals surface area contributed by atoms with Gasteiger partial charge in [0, 0.05) is 0 Å². The molecule has 0 unspecified atom stereocenters. The average Bonchev–Trinajstić information content (AvgIpc) is 2.16. The van der Waals surface area contributed by atoms with Crippen molar-refractivity contribution in [1.82, 2.24) is 0 Å². The zero-order chi connectivity index (χ0) is 12.2. The Hall–Kier alpha value is -0.950. The fourth-order valence-corrected chi connectivity index (χ4v) is 0.637. The van der Waals surface area contributed by atoms with Crippen LogP contribution in [0.15, 0.2) is 38.0 Å². The molecule has 0 aromatic rings. The van der Waals surface area contributed by atoms with E-state index >= 15 is 0 Å². The van der Waals surface area contributed by atoms with Crippen LogP contribution in [0.5, 0.6) is 0 Å². The molecule has 1 N–H and O–H groups in total. The number of hydrogen-bond donors (Lipinski definition) is 1. The molecule has 0 aliphatic carbocycles. The smallest absolute Gasteiger partial charge is 0.373 e. The Balaban J connectivity index is 0. The van der Waals surface area contributed by atoms with Crippen molar-refractivity contribution in [2.75, 3.05) is 19.8 Å². The average molecular weight is 236 g/mol. The van der Waals surface area contributed by atoms with Crippen LogP contribution in [0, 0.1) is 0 Å². The summed E-state index contributed by atoms with van der Waals surface area (Å²) in [5.74, 6) is 0. The molecule has 0 saturated heterocycles. The fraction of sp³-hybridized carbons (Fsp3) is 0.333. The normalized spacial score (nSPS) is 9.67. The summed E-state index contributed by atoms with van der Waals surface area (Å²) < 4.78 is 35.9. The molecule has 0 heterocycles. The van der Waals surface area contributed by atoms with Gasteiger partial charge in [0.1, 0.15) is 0 Å². The van der Waals surface area contributed by atoms with Crippen LogP contribution in [0.4, 0.5) is 0 Å². The Morgan fingerprint density at radius 2 is 1.40 bits per heavy atom. The van der Waals surface area contributed by atoms with Crippen LogP contribution < -0.4 is 0 Å². The Labute approximate surface area is 90.7 Å². The van der Waals surface area contributed by atoms with Crippen LogP contribution in [0.25, 0.3) is 0 Å². The Morgan fingerprint density at radius 1 is 1.00 bits per heavy atom. The van der Waals surface area contributed by atoms with E-state index in [1.807, 2.05) is 0 Å². The monoisotopic (exact) mass is 236 g/mol. The molecule has 0 aromatic carbocycles. The van der Waals surface area contributed by atoms with Gasteiger partial charge in [0.05, 0.1) is 19.8 Å². The van der Waals surface area contributed by atoms with Gasteiger partial charge in [-0.3, -0.25) is 4.55 Å². The van der Waals surface area contributed by atoms with E-state index in [9.17, 15) is 8.42 Å². The third kappa shape index (κ3) is 24.6. The summed E-state index contributed by atoms with van der Waals surface area (Å²) >= 11 is 0. The standard InChI is InChI=1S/C6H10O.C3H6O4S/c1-3-5-7-6-4-2;1-2-3-7-8(4,5)6/h3-4H,1-2,5-6H2;2H,1,3H2,(H,4,5,6). The number of hydrogen-bond acceptors (Lipinski definition) is 4. The predicted molar refractivity (Wildman–Crippen MR) is 58.9 cm³/mol. The van der Waals surface area contributed by atoms with Crippen LogP contribution in [0.2, 0.25) is 0 Å². The van der Waals surface area contributed by atoms with Gasteiger partial charge >= 0.3 is 10.4 Å². The van der Waals surface area contributed by atoms with Gasteiger partial charge in [0.25, 0.3) is 0 Å². The van der Waals surface area contributed by atoms with Crippen molar-refractivity contribution < 1.29 is 21.9 Å². The van der Waals surface area contributed by atoms with Gasteiger partial charge in [-0.1, -0.05) is 18.2 Å². The molecule has 0 amide bonds. The van der Waals surface area contributed by atoms with Crippen molar-refractivity contribution in [1.29, 1.82) is 0 Å². The highest BCUT2D eigenvalue weighted by atomic mass is 32.3. The minimum Gasteiger partial charge on any atom is -0.373 e. The van der Waals surface area contributed by atoms with E-state index < -0.39 is 10.4 Å². The number of rotatable bonds is 7. The molecular weight excluding hydrogens is 220 g/mol. The van der Waals surface area contributed by atoms with Crippen LogP contribution in [0.3, 0.4) is 0 Å². The molecule has 88 valence electrons. The van der Waals surface area contributed by atoms with Gasteiger partial charge in [0.2, 0.25) is 0 Å². The van der Waals surface area contributed by atoms with Crippen LogP contribution >= 0.6 is 0 Å². The summed E-state index contributed by atoms with van der Waals surface area (Å²) in [6, 6.07) is 0. The Morgan fingerprint density at radius 3 is 1.60 bits per heavy atom. The molecule has 0 aromatic heterocycles. The minimum absolute atomic E-state index is 0.196. The maximum Gasteiger partial charge on any atom is 0.397 e. The van der Waals surface area contributed by atoms with E-state index in [4.69, 9.17) is 9.29 Å². The summed E-state index contributed by atoms with van der Waals surface area (Å²) in [7, 11) is -4.26. The van der Waals surface area contributed by atoms with Crippen molar-refractivity contribution in [3.05, 3.63) is 38.0 Å². The first-order chi connectivity index (χ1) is 6.97. The zero-order valence-corrected chi connectivity index (χ0v) is 9.28. The Bertz CT molecular complexity index is 260. The van der Waals surface area contributed by atoms with E-state index in [-0.39, 0.29) is 6.61 Å². The Kier molecular flexibility index (Phi) is 12.2. The van der Waals surface area contributed by atoms with E-state index in [1.165, 1.54) is 6.08 Å². The van der Waals surface area contributed by atoms with Crippen LogP contribution in [0.1, 0.15) is 0 Å². The van der Waals surface area contributed by atoms with Gasteiger partial charge in [-0.15, -0.1) is 19.7 Å². The summed E-state index contributed by atoms with van der Waals surface area (Å²) in [6.45, 7) is 11.1. The second-order valence-corrected chi connectivity index (χ2v) is 3.21. The van der Waals surface area contributed by atoms with E-state index in [0.29, 0.717) is 13.2 Å². The first-order valence-corrected chi connectivity index (χ1v) is 5.36. The topological polar surface area (TPSA) is 72.8 Å². The van der Waals surface area contributed by atoms with Crippen molar-refractivity contribution >= 4 is 10.4 Å². The third-order valence-corrected chi connectivity index (χ3v) is 1.24. The van der Waals surface area contributed by atoms with Gasteiger partial charge in [-0.25, -0.2) is 4.18 Å². The first-order valence-electron chi connectivity index (χ1n) is 4.00. The fourth-order valence-electron chi connectivity index (χ4n) is 0.369. The summed E-state index contributed by atoms with van der Waals surface area (Å²) in [4.78, 5) is 0. The van der Waals surface area contributed by atoms with Crippen molar-refractivity contribution in [2.24, 2.45) is 0 Å². The van der Waals surface area contributed by atoms with E-state index in [1.54, 1.807) is 12.2 Å². The second kappa shape index (κ2) is 11.1. The molecule has 0 atom stereocenters. The lowest BCUT2D eigenvalue weighted by Crippen LogP contribution is -2.02. The SMILES string of the molecule is C=CCOCC=C.C=CCOS(=O)(=O)O. The number of ether oxygens (including phenoxy) is 1. The molecule has 0 spiro atoms. The minimum atomic E-state index is -4.26. The maximum absolute atomic E-state index is 9.68. The molecule has 6 heteroatoms. The zero-order valence-electron chi connectivity index (χ0n) is 8.46. The summed E-state index contributed by atoms with van der Waals surface area (Å²) in [5, 5.41) is 0. The third-order valence-electron chi connectivity index (χ3n) is 0.806. The van der Waals surface area contributed by atoms with Crippen LogP contribution in [-0.4, -0.2) is 32.8 Å². The van der Waals surface area contributed by atoms with Gasteiger partial charge in [-0.2, -0.15) is 8.42 Å². The lowest BCUT2D eigenvalue weighted by molar-refractivity contribution is 0.194. The molecule has 5 nitrogen and oxygen atoms in total. The first kappa shape index (κ1) is 16.5. The van der Waals surface area contributed by atoms with Gasteiger partial charge in [0.15, 0.2) is 0 Å². The molecule has 0 aliphatic rings. The summed E-state index contributed by atoms with van der Waals surface area (Å²) in [5.41, 5.74) is 0. The highest BCUT2D eigenvalue weighted by Crippen LogP contribution is 1.83. The maximum atomic E-state index is 9.68. The second-order valence-electron chi connectivity index (χ2n) is 2.12. The summed E-state index contributed by atoms with van der Waals surface area (Å²) in [6.07, 6.45) is 4.64. The molecule has 0 bridgehead atoms. The molecule has 0 radical (unpaired) electrons. The lowest BCUT2D eigenvalue weighted by Gasteiger charge is -1.90. The largest absolute Gasteiger partial charge is 0.397 e. The van der Waals surface area contributed by atoms with Crippen molar-refractivity contribution in [3.8, 4) is 0 Å². The molecular formula is C9H16O5S. The van der Waals surface area contributed by atoms with Crippen molar-refractivity contribution in [3.63, 3.8) is 0 Å². The highest BCUT2D eigenvalue weighted by molar-refractivity contribution is 7.80. The predicted octanol–water partition coefficient (Wildman–Crippen LogP) is 1.37. The molecule has 0 saturated carbocycles. The highest BCUT2D eigenvalue weighted by Gasteiger charge is 1.99. The van der Waals surface area contributed by atoms with E-state index in [0.717, 1.165) is 0 Å². The van der Waals surface area contributed by atoms with Gasteiger partial charge < -0.3 is 4.74 Å². The quantitative estimate of drug-likeness (QED) is 0.410. The molecule has 15 heavy (non-hydrogen) atoms. The lowest BCUT2D eigenvalue weighted by atomic mass is 10.6. The van der Waals surface area contributed by atoms with Gasteiger partial charge in [-0.05, 0) is 0 Å². The van der Waals surface area contributed by atoms with Crippen molar-refractivity contribution in [2.45, 2.75) is 0 Å². The molecule has 0 aliphatic heterocycles. The molecule has 0 fully saturated rings.